The number of carbonyl (C=O) groups excluding carboxylic acids is 1. The fraction of sp³-hybridized carbons (Fsp3) is 0.0556. The summed E-state index contributed by atoms with van der Waals surface area (Å²) in [5, 5.41) is 2.22. The molecule has 0 unspecified atom stereocenters. The summed E-state index contributed by atoms with van der Waals surface area (Å²) in [6.45, 7) is 0.0477. The molecule has 0 spiro atoms. The van der Waals surface area contributed by atoms with Crippen molar-refractivity contribution in [1.29, 1.82) is 0 Å². The molecule has 3 rings (SSSR count). The minimum Gasteiger partial charge on any atom is -0.485 e. The molecule has 0 aliphatic rings. The Morgan fingerprint density at radius 3 is 2.43 bits per heavy atom. The minimum atomic E-state index is -0.0218. The quantitative estimate of drug-likeness (QED) is 0.633. The molecule has 0 N–H and O–H groups in total. The highest BCUT2D eigenvalue weighted by molar-refractivity contribution is 9.10. The predicted octanol–water partition coefficient (Wildman–Crippen LogP) is 4.86. The van der Waals surface area contributed by atoms with E-state index in [2.05, 4.69) is 15.9 Å². The van der Waals surface area contributed by atoms with Crippen LogP contribution in [0.15, 0.2) is 71.2 Å². The molecule has 3 heteroatoms. The highest BCUT2D eigenvalue weighted by Crippen LogP contribution is 2.24. The van der Waals surface area contributed by atoms with Crippen LogP contribution >= 0.6 is 15.9 Å². The summed E-state index contributed by atoms with van der Waals surface area (Å²) in [7, 11) is 0. The van der Waals surface area contributed by atoms with Crippen molar-refractivity contribution in [3.8, 4) is 5.75 Å². The van der Waals surface area contributed by atoms with E-state index in [9.17, 15) is 4.79 Å². The van der Waals surface area contributed by atoms with Gasteiger partial charge in [0, 0.05) is 10.0 Å². The van der Waals surface area contributed by atoms with Gasteiger partial charge < -0.3 is 4.74 Å². The highest BCUT2D eigenvalue weighted by atomic mass is 79.9. The lowest BCUT2D eigenvalue weighted by atomic mass is 10.1. The highest BCUT2D eigenvalue weighted by Gasteiger charge is 2.06. The van der Waals surface area contributed by atoms with Gasteiger partial charge in [-0.15, -0.1) is 0 Å². The van der Waals surface area contributed by atoms with E-state index in [0.29, 0.717) is 11.3 Å². The first-order valence-electron chi connectivity index (χ1n) is 6.63. The second kappa shape index (κ2) is 6.10. The zero-order valence-corrected chi connectivity index (χ0v) is 12.8. The van der Waals surface area contributed by atoms with Crippen LogP contribution in [-0.4, -0.2) is 12.4 Å². The Morgan fingerprint density at radius 2 is 1.62 bits per heavy atom. The molecule has 0 aromatic heterocycles. The lowest BCUT2D eigenvalue weighted by Crippen LogP contribution is -2.11. The number of fused-ring (bicyclic) bond motifs is 1. The van der Waals surface area contributed by atoms with Crippen LogP contribution in [0.5, 0.6) is 5.75 Å². The SMILES string of the molecule is O=C(COc1ccc2cc(Br)ccc2c1)c1ccccc1. The van der Waals surface area contributed by atoms with E-state index >= 15 is 0 Å². The number of halogens is 1. The second-order valence-corrected chi connectivity index (χ2v) is 5.65. The van der Waals surface area contributed by atoms with Gasteiger partial charge >= 0.3 is 0 Å². The monoisotopic (exact) mass is 340 g/mol. The summed E-state index contributed by atoms with van der Waals surface area (Å²) in [4.78, 5) is 12.0. The first kappa shape index (κ1) is 13.8. The third kappa shape index (κ3) is 3.31. The molecule has 0 saturated carbocycles. The third-order valence-electron chi connectivity index (χ3n) is 3.24. The Bertz CT molecular complexity index is 782. The molecule has 0 atom stereocenters. The van der Waals surface area contributed by atoms with Gasteiger partial charge in [0.15, 0.2) is 12.4 Å². The van der Waals surface area contributed by atoms with Gasteiger partial charge in [-0.2, -0.15) is 0 Å². The molecular weight excluding hydrogens is 328 g/mol. The Morgan fingerprint density at radius 1 is 0.905 bits per heavy atom. The largest absolute Gasteiger partial charge is 0.485 e. The summed E-state index contributed by atoms with van der Waals surface area (Å²) >= 11 is 3.45. The summed E-state index contributed by atoms with van der Waals surface area (Å²) in [6.07, 6.45) is 0. The van der Waals surface area contributed by atoms with Crippen molar-refractivity contribution in [2.24, 2.45) is 0 Å². The zero-order valence-electron chi connectivity index (χ0n) is 11.3. The normalized spacial score (nSPS) is 10.5. The van der Waals surface area contributed by atoms with Gasteiger partial charge in [-0.1, -0.05) is 58.4 Å². The average molecular weight is 341 g/mol. The molecule has 3 aromatic rings. The fourth-order valence-electron chi connectivity index (χ4n) is 2.14. The van der Waals surface area contributed by atoms with E-state index in [4.69, 9.17) is 4.74 Å². The van der Waals surface area contributed by atoms with Crippen molar-refractivity contribution in [3.63, 3.8) is 0 Å². The maximum absolute atomic E-state index is 12.0. The number of ketones is 1. The van der Waals surface area contributed by atoms with Gasteiger partial charge in [-0.25, -0.2) is 0 Å². The van der Waals surface area contributed by atoms with Crippen LogP contribution in [0.25, 0.3) is 10.8 Å². The van der Waals surface area contributed by atoms with Gasteiger partial charge in [0.05, 0.1) is 0 Å². The van der Waals surface area contributed by atoms with Crippen LogP contribution in [0.3, 0.4) is 0 Å². The van der Waals surface area contributed by atoms with Crippen LogP contribution in [0.2, 0.25) is 0 Å². The van der Waals surface area contributed by atoms with Gasteiger partial charge in [-0.3, -0.25) is 4.79 Å². The van der Waals surface area contributed by atoms with Crippen LogP contribution in [0.4, 0.5) is 0 Å². The number of rotatable bonds is 4. The molecule has 0 amide bonds. The molecule has 21 heavy (non-hydrogen) atoms. The molecule has 0 radical (unpaired) electrons. The molecule has 104 valence electrons. The topological polar surface area (TPSA) is 26.3 Å². The lowest BCUT2D eigenvalue weighted by Gasteiger charge is -2.07. The van der Waals surface area contributed by atoms with Gasteiger partial charge in [0.25, 0.3) is 0 Å². The molecule has 0 aliphatic carbocycles. The Balaban J connectivity index is 1.73. The average Bonchev–Trinajstić information content (AvgIpc) is 2.53. The second-order valence-electron chi connectivity index (χ2n) is 4.73. The smallest absolute Gasteiger partial charge is 0.200 e. The minimum absolute atomic E-state index is 0.0218. The van der Waals surface area contributed by atoms with Crippen LogP contribution in [0.1, 0.15) is 10.4 Å². The number of carbonyl (C=O) groups is 1. The molecule has 0 fully saturated rings. The van der Waals surface area contributed by atoms with E-state index in [1.54, 1.807) is 12.1 Å². The van der Waals surface area contributed by atoms with Crippen LogP contribution in [-0.2, 0) is 0 Å². The maximum atomic E-state index is 12.0. The summed E-state index contributed by atoms with van der Waals surface area (Å²) in [5.74, 6) is 0.681. The molecule has 3 aromatic carbocycles. The van der Waals surface area contributed by atoms with E-state index < -0.39 is 0 Å². The number of Topliss-reactive ketones (excluding diaryl/α,β-unsaturated/α-hetero) is 1. The lowest BCUT2D eigenvalue weighted by molar-refractivity contribution is 0.0921. The number of ether oxygens (including phenoxy) is 1. The third-order valence-corrected chi connectivity index (χ3v) is 3.73. The summed E-state index contributed by atoms with van der Waals surface area (Å²) in [6, 6.07) is 21.0. The first-order valence-corrected chi connectivity index (χ1v) is 7.42. The number of benzene rings is 3. The van der Waals surface area contributed by atoms with Crippen molar-refractivity contribution in [2.45, 2.75) is 0 Å². The molecule has 2 nitrogen and oxygen atoms in total. The summed E-state index contributed by atoms with van der Waals surface area (Å²) < 4.78 is 6.64. The Hall–Kier alpha value is -2.13. The first-order chi connectivity index (χ1) is 10.2. The van der Waals surface area contributed by atoms with Gasteiger partial charge in [0.1, 0.15) is 5.75 Å². The number of hydrogen-bond donors (Lipinski definition) is 0. The van der Waals surface area contributed by atoms with Crippen molar-refractivity contribution in [2.75, 3.05) is 6.61 Å². The van der Waals surface area contributed by atoms with Gasteiger partial charge in [-0.05, 0) is 35.0 Å². The van der Waals surface area contributed by atoms with Gasteiger partial charge in [0.2, 0.25) is 0 Å². The van der Waals surface area contributed by atoms with E-state index in [1.807, 2.05) is 54.6 Å². The zero-order chi connectivity index (χ0) is 14.7. The van der Waals surface area contributed by atoms with E-state index in [-0.39, 0.29) is 12.4 Å². The van der Waals surface area contributed by atoms with Crippen molar-refractivity contribution in [1.82, 2.24) is 0 Å². The van der Waals surface area contributed by atoms with Crippen molar-refractivity contribution >= 4 is 32.5 Å². The Labute approximate surface area is 131 Å². The van der Waals surface area contributed by atoms with E-state index in [0.717, 1.165) is 15.2 Å². The molecule has 0 heterocycles. The fourth-order valence-corrected chi connectivity index (χ4v) is 2.52. The van der Waals surface area contributed by atoms with Crippen LogP contribution < -0.4 is 4.74 Å². The molecule has 0 bridgehead atoms. The maximum Gasteiger partial charge on any atom is 0.200 e. The number of hydrogen-bond acceptors (Lipinski definition) is 2. The van der Waals surface area contributed by atoms with Crippen molar-refractivity contribution < 1.29 is 9.53 Å². The predicted molar refractivity (Wildman–Crippen MR) is 87.9 cm³/mol. The molecule has 0 saturated heterocycles. The summed E-state index contributed by atoms with van der Waals surface area (Å²) in [5.41, 5.74) is 0.669. The van der Waals surface area contributed by atoms with Crippen LogP contribution in [0, 0.1) is 0 Å². The molecular formula is C18H13BrO2. The van der Waals surface area contributed by atoms with Crippen molar-refractivity contribution in [3.05, 3.63) is 76.8 Å². The molecule has 0 aliphatic heterocycles. The Kier molecular flexibility index (Phi) is 4.02. The standard InChI is InChI=1S/C18H13BrO2/c19-16-8-6-15-11-17(9-7-14(15)10-16)21-12-18(20)13-4-2-1-3-5-13/h1-11H,12H2. The van der Waals surface area contributed by atoms with E-state index in [1.165, 1.54) is 0 Å².